The molecule has 2 rings (SSSR count). The van der Waals surface area contributed by atoms with Gasteiger partial charge in [-0.2, -0.15) is 13.2 Å². The number of benzene rings is 1. The molecule has 0 fully saturated rings. The van der Waals surface area contributed by atoms with Gasteiger partial charge in [0, 0.05) is 17.1 Å². The Morgan fingerprint density at radius 2 is 1.94 bits per heavy atom. The van der Waals surface area contributed by atoms with Gasteiger partial charge in [0.1, 0.15) is 0 Å². The van der Waals surface area contributed by atoms with E-state index in [1.165, 1.54) is 18.3 Å². The van der Waals surface area contributed by atoms with Crippen LogP contribution in [0.1, 0.15) is 15.9 Å². The third-order valence-electron chi connectivity index (χ3n) is 2.23. The molecule has 0 aliphatic rings. The quantitative estimate of drug-likeness (QED) is 0.698. The van der Waals surface area contributed by atoms with E-state index in [1.807, 2.05) is 0 Å². The van der Waals surface area contributed by atoms with Crippen LogP contribution in [0, 0.1) is 0 Å². The van der Waals surface area contributed by atoms with Crippen molar-refractivity contribution in [3.63, 3.8) is 0 Å². The van der Waals surface area contributed by atoms with Crippen LogP contribution in [-0.2, 0) is 6.18 Å². The number of alkyl halides is 3. The highest BCUT2D eigenvalue weighted by Gasteiger charge is 2.30. The molecular formula is C11H6F3NO. The zero-order valence-electron chi connectivity index (χ0n) is 7.95. The number of carbonyl (C=O) groups excluding carboxylic acids is 1. The Morgan fingerprint density at radius 3 is 2.56 bits per heavy atom. The van der Waals surface area contributed by atoms with Gasteiger partial charge in [-0.3, -0.25) is 9.78 Å². The zero-order valence-corrected chi connectivity index (χ0v) is 7.95. The summed E-state index contributed by atoms with van der Waals surface area (Å²) in [6.07, 6.45) is -2.51. The van der Waals surface area contributed by atoms with Crippen LogP contribution in [0.5, 0.6) is 0 Å². The third-order valence-corrected chi connectivity index (χ3v) is 2.23. The number of carbonyl (C=O) groups is 1. The minimum Gasteiger partial charge on any atom is -0.298 e. The highest BCUT2D eigenvalue weighted by Crippen LogP contribution is 2.31. The summed E-state index contributed by atoms with van der Waals surface area (Å²) in [5, 5.41) is 0.215. The summed E-state index contributed by atoms with van der Waals surface area (Å²) in [4.78, 5) is 14.6. The van der Waals surface area contributed by atoms with E-state index in [0.29, 0.717) is 11.8 Å². The monoisotopic (exact) mass is 225 g/mol. The van der Waals surface area contributed by atoms with Crippen molar-refractivity contribution in [3.8, 4) is 0 Å². The molecule has 16 heavy (non-hydrogen) atoms. The van der Waals surface area contributed by atoms with Crippen LogP contribution in [0.3, 0.4) is 0 Å². The van der Waals surface area contributed by atoms with Crippen molar-refractivity contribution in [1.29, 1.82) is 0 Å². The molecule has 0 spiro atoms. The van der Waals surface area contributed by atoms with Gasteiger partial charge in [-0.25, -0.2) is 0 Å². The second-order valence-corrected chi connectivity index (χ2v) is 3.25. The maximum atomic E-state index is 12.4. The fourth-order valence-electron chi connectivity index (χ4n) is 1.45. The highest BCUT2D eigenvalue weighted by atomic mass is 19.4. The van der Waals surface area contributed by atoms with Crippen molar-refractivity contribution < 1.29 is 18.0 Å². The molecule has 0 unspecified atom stereocenters. The van der Waals surface area contributed by atoms with Gasteiger partial charge in [0.05, 0.1) is 11.1 Å². The van der Waals surface area contributed by atoms with Gasteiger partial charge >= 0.3 is 6.18 Å². The lowest BCUT2D eigenvalue weighted by atomic mass is 10.1. The molecule has 0 atom stereocenters. The fourth-order valence-corrected chi connectivity index (χ4v) is 1.45. The van der Waals surface area contributed by atoms with Crippen LogP contribution in [0.15, 0.2) is 30.5 Å². The molecule has 0 saturated carbocycles. The maximum Gasteiger partial charge on any atom is 0.416 e. The van der Waals surface area contributed by atoms with Gasteiger partial charge < -0.3 is 0 Å². The van der Waals surface area contributed by atoms with E-state index in [9.17, 15) is 18.0 Å². The first kappa shape index (κ1) is 10.6. The van der Waals surface area contributed by atoms with E-state index < -0.39 is 11.7 Å². The zero-order chi connectivity index (χ0) is 11.8. The summed E-state index contributed by atoms with van der Waals surface area (Å²) in [7, 11) is 0. The molecule has 0 bridgehead atoms. The SMILES string of the molecule is O=Cc1ccnc2ccc(C(F)(F)F)cc12. The first-order valence-corrected chi connectivity index (χ1v) is 4.43. The Balaban J connectivity index is 2.73. The molecule has 5 heteroatoms. The average molecular weight is 225 g/mol. The molecule has 0 aliphatic carbocycles. The number of hydrogen-bond acceptors (Lipinski definition) is 2. The minimum absolute atomic E-state index is 0.205. The number of nitrogens with zero attached hydrogens (tertiary/aromatic N) is 1. The maximum absolute atomic E-state index is 12.4. The predicted molar refractivity (Wildman–Crippen MR) is 52.1 cm³/mol. The Bertz CT molecular complexity index is 548. The summed E-state index contributed by atoms with van der Waals surface area (Å²) in [5.41, 5.74) is -0.204. The standard InChI is InChI=1S/C11H6F3NO/c12-11(13,14)8-1-2-10-9(5-8)7(6-16)3-4-15-10/h1-6H. The van der Waals surface area contributed by atoms with Crippen molar-refractivity contribution in [1.82, 2.24) is 4.98 Å². The summed E-state index contributed by atoms with van der Waals surface area (Å²) < 4.78 is 37.3. The van der Waals surface area contributed by atoms with Crippen LogP contribution in [0.2, 0.25) is 0 Å². The summed E-state index contributed by atoms with van der Waals surface area (Å²) in [6.45, 7) is 0. The van der Waals surface area contributed by atoms with Crippen LogP contribution < -0.4 is 0 Å². The molecule has 1 heterocycles. The number of aromatic nitrogens is 1. The molecule has 0 saturated heterocycles. The van der Waals surface area contributed by atoms with E-state index in [2.05, 4.69) is 4.98 Å². The summed E-state index contributed by atoms with van der Waals surface area (Å²) in [6, 6.07) is 4.52. The lowest BCUT2D eigenvalue weighted by molar-refractivity contribution is -0.137. The first-order chi connectivity index (χ1) is 7.52. The predicted octanol–water partition coefficient (Wildman–Crippen LogP) is 3.07. The lowest BCUT2D eigenvalue weighted by Gasteiger charge is -2.07. The van der Waals surface area contributed by atoms with E-state index in [-0.39, 0.29) is 10.9 Å². The molecule has 0 aliphatic heterocycles. The van der Waals surface area contributed by atoms with E-state index in [1.54, 1.807) is 0 Å². The number of fused-ring (bicyclic) bond motifs is 1. The van der Waals surface area contributed by atoms with Gasteiger partial charge in [0.2, 0.25) is 0 Å². The van der Waals surface area contributed by atoms with E-state index in [0.717, 1.165) is 12.1 Å². The second kappa shape index (κ2) is 3.59. The van der Waals surface area contributed by atoms with Crippen molar-refractivity contribution in [2.45, 2.75) is 6.18 Å². The summed E-state index contributed by atoms with van der Waals surface area (Å²) >= 11 is 0. The van der Waals surface area contributed by atoms with Gasteiger partial charge in [-0.05, 0) is 24.3 Å². The van der Waals surface area contributed by atoms with Crippen molar-refractivity contribution >= 4 is 17.2 Å². The minimum atomic E-state index is -4.41. The molecule has 82 valence electrons. The average Bonchev–Trinajstić information content (AvgIpc) is 2.26. The van der Waals surface area contributed by atoms with E-state index >= 15 is 0 Å². The van der Waals surface area contributed by atoms with Crippen molar-refractivity contribution in [3.05, 3.63) is 41.6 Å². The molecule has 1 aromatic carbocycles. The van der Waals surface area contributed by atoms with Crippen molar-refractivity contribution in [2.75, 3.05) is 0 Å². The molecule has 0 radical (unpaired) electrons. The fraction of sp³-hybridized carbons (Fsp3) is 0.0909. The molecule has 2 nitrogen and oxygen atoms in total. The topological polar surface area (TPSA) is 30.0 Å². The van der Waals surface area contributed by atoms with Crippen LogP contribution >= 0.6 is 0 Å². The van der Waals surface area contributed by atoms with Crippen LogP contribution in [0.25, 0.3) is 10.9 Å². The Morgan fingerprint density at radius 1 is 1.19 bits per heavy atom. The second-order valence-electron chi connectivity index (χ2n) is 3.25. The molecule has 1 aromatic heterocycles. The number of hydrogen-bond donors (Lipinski definition) is 0. The number of pyridine rings is 1. The third kappa shape index (κ3) is 1.76. The van der Waals surface area contributed by atoms with Crippen molar-refractivity contribution in [2.24, 2.45) is 0 Å². The smallest absolute Gasteiger partial charge is 0.298 e. The van der Waals surface area contributed by atoms with Gasteiger partial charge in [0.15, 0.2) is 6.29 Å². The van der Waals surface area contributed by atoms with Crippen LogP contribution in [-0.4, -0.2) is 11.3 Å². The Kier molecular flexibility index (Phi) is 2.38. The number of aldehydes is 1. The molecule has 0 amide bonds. The molecule has 0 N–H and O–H groups in total. The highest BCUT2D eigenvalue weighted by molar-refractivity contribution is 5.96. The normalized spacial score (nSPS) is 11.7. The summed E-state index contributed by atoms with van der Waals surface area (Å²) in [5.74, 6) is 0. The lowest BCUT2D eigenvalue weighted by Crippen LogP contribution is -2.04. The van der Waals surface area contributed by atoms with Crippen LogP contribution in [0.4, 0.5) is 13.2 Å². The van der Waals surface area contributed by atoms with Gasteiger partial charge in [-0.15, -0.1) is 0 Å². The Labute approximate surface area is 88.7 Å². The van der Waals surface area contributed by atoms with Gasteiger partial charge in [-0.1, -0.05) is 0 Å². The van der Waals surface area contributed by atoms with Gasteiger partial charge in [0.25, 0.3) is 0 Å². The first-order valence-electron chi connectivity index (χ1n) is 4.43. The number of rotatable bonds is 1. The number of halogens is 3. The van der Waals surface area contributed by atoms with E-state index in [4.69, 9.17) is 0 Å². The Hall–Kier alpha value is -1.91. The largest absolute Gasteiger partial charge is 0.416 e. The molecule has 2 aromatic rings. The molecular weight excluding hydrogens is 219 g/mol.